The normalized spacial score (nSPS) is 10.8. The Morgan fingerprint density at radius 3 is 2.46 bits per heavy atom. The summed E-state index contributed by atoms with van der Waals surface area (Å²) >= 11 is 0. The maximum Gasteiger partial charge on any atom is 0.265 e. The predicted molar refractivity (Wildman–Crippen MR) is 93.8 cm³/mol. The first-order chi connectivity index (χ1) is 11.6. The highest BCUT2D eigenvalue weighted by Crippen LogP contribution is 2.22. The van der Waals surface area contributed by atoms with Gasteiger partial charge in [0.25, 0.3) is 5.91 Å². The van der Waals surface area contributed by atoms with Crippen LogP contribution in [0, 0.1) is 5.82 Å². The summed E-state index contributed by atoms with van der Waals surface area (Å²) in [7, 11) is 0. The first-order valence-electron chi connectivity index (χ1n) is 7.95. The second-order valence-corrected chi connectivity index (χ2v) is 5.27. The van der Waals surface area contributed by atoms with Crippen molar-refractivity contribution < 1.29 is 14.0 Å². The molecule has 0 aromatic heterocycles. The number of halogens is 1. The number of nitrogens with zero attached hydrogens (tertiary/aromatic N) is 1. The van der Waals surface area contributed by atoms with Crippen molar-refractivity contribution in [3.8, 4) is 0 Å². The van der Waals surface area contributed by atoms with Crippen LogP contribution in [-0.2, 0) is 22.5 Å². The zero-order valence-electron chi connectivity index (χ0n) is 13.9. The Morgan fingerprint density at radius 2 is 1.83 bits per heavy atom. The second kappa shape index (κ2) is 8.82. The van der Waals surface area contributed by atoms with Crippen LogP contribution < -0.4 is 5.32 Å². The molecule has 24 heavy (non-hydrogen) atoms. The average Bonchev–Trinajstić information content (AvgIpc) is 2.59. The molecule has 1 N–H and O–H groups in total. The monoisotopic (exact) mass is 328 g/mol. The lowest BCUT2D eigenvalue weighted by Crippen LogP contribution is -2.19. The highest BCUT2D eigenvalue weighted by molar-refractivity contribution is 5.93. The molecule has 2 aromatic rings. The number of oxime groups is 1. The molecule has 0 heterocycles. The van der Waals surface area contributed by atoms with Crippen LogP contribution in [0.3, 0.4) is 0 Å². The van der Waals surface area contributed by atoms with E-state index in [0.717, 1.165) is 29.7 Å². The number of benzene rings is 2. The maximum atomic E-state index is 13.0. The first kappa shape index (κ1) is 17.7. The van der Waals surface area contributed by atoms with Crippen LogP contribution in [0.5, 0.6) is 0 Å². The molecule has 0 spiro atoms. The summed E-state index contributed by atoms with van der Waals surface area (Å²) in [4.78, 5) is 17.0. The molecule has 0 fully saturated rings. The van der Waals surface area contributed by atoms with Crippen molar-refractivity contribution in [1.82, 2.24) is 0 Å². The Morgan fingerprint density at radius 1 is 1.17 bits per heavy atom. The summed E-state index contributed by atoms with van der Waals surface area (Å²) in [6, 6.07) is 11.9. The molecule has 2 aromatic carbocycles. The van der Waals surface area contributed by atoms with Crippen LogP contribution in [-0.4, -0.2) is 18.7 Å². The van der Waals surface area contributed by atoms with Gasteiger partial charge >= 0.3 is 0 Å². The number of rotatable bonds is 7. The fourth-order valence-electron chi connectivity index (χ4n) is 2.36. The Kier molecular flexibility index (Phi) is 6.49. The van der Waals surface area contributed by atoms with E-state index in [0.29, 0.717) is 5.56 Å². The van der Waals surface area contributed by atoms with Crippen molar-refractivity contribution in [2.45, 2.75) is 26.7 Å². The number of aryl methyl sites for hydroxylation is 2. The minimum Gasteiger partial charge on any atom is -0.386 e. The van der Waals surface area contributed by atoms with E-state index in [1.54, 1.807) is 12.1 Å². The van der Waals surface area contributed by atoms with Gasteiger partial charge in [-0.2, -0.15) is 0 Å². The number of carbonyl (C=O) groups is 1. The highest BCUT2D eigenvalue weighted by atomic mass is 19.1. The van der Waals surface area contributed by atoms with Gasteiger partial charge in [0.15, 0.2) is 6.61 Å². The lowest BCUT2D eigenvalue weighted by atomic mass is 10.0. The van der Waals surface area contributed by atoms with Crippen molar-refractivity contribution in [3.63, 3.8) is 0 Å². The van der Waals surface area contributed by atoms with Crippen LogP contribution in [0.25, 0.3) is 0 Å². The van der Waals surface area contributed by atoms with Crippen LogP contribution >= 0.6 is 0 Å². The number of anilines is 1. The van der Waals surface area contributed by atoms with E-state index >= 15 is 0 Å². The Labute approximate surface area is 141 Å². The van der Waals surface area contributed by atoms with E-state index in [2.05, 4.69) is 10.5 Å². The van der Waals surface area contributed by atoms with Crippen molar-refractivity contribution in [1.29, 1.82) is 0 Å². The minimum absolute atomic E-state index is 0.201. The molecule has 0 saturated carbocycles. The Hall–Kier alpha value is -2.69. The van der Waals surface area contributed by atoms with Gasteiger partial charge in [-0.1, -0.05) is 49.3 Å². The van der Waals surface area contributed by atoms with Gasteiger partial charge in [-0.3, -0.25) is 4.79 Å². The van der Waals surface area contributed by atoms with Crippen molar-refractivity contribution in [3.05, 3.63) is 65.0 Å². The van der Waals surface area contributed by atoms with Crippen LogP contribution in [0.15, 0.2) is 47.6 Å². The van der Waals surface area contributed by atoms with Crippen LogP contribution in [0.1, 0.15) is 30.5 Å². The second-order valence-electron chi connectivity index (χ2n) is 5.27. The molecule has 0 aliphatic carbocycles. The van der Waals surface area contributed by atoms with Gasteiger partial charge in [0, 0.05) is 5.69 Å². The van der Waals surface area contributed by atoms with Gasteiger partial charge in [-0.05, 0) is 41.7 Å². The zero-order valence-corrected chi connectivity index (χ0v) is 13.9. The first-order valence-corrected chi connectivity index (χ1v) is 7.95. The summed E-state index contributed by atoms with van der Waals surface area (Å²) in [6.07, 6.45) is 3.04. The number of carbonyl (C=O) groups excluding carboxylic acids is 1. The van der Waals surface area contributed by atoms with Gasteiger partial charge in [0.05, 0.1) is 6.21 Å². The fraction of sp³-hybridized carbons (Fsp3) is 0.263. The third-order valence-electron chi connectivity index (χ3n) is 3.58. The number of amides is 1. The third kappa shape index (κ3) is 4.91. The quantitative estimate of drug-likeness (QED) is 0.618. The topological polar surface area (TPSA) is 50.7 Å². The maximum absolute atomic E-state index is 13.0. The Bertz CT molecular complexity index is 707. The number of nitrogens with one attached hydrogen (secondary N) is 1. The summed E-state index contributed by atoms with van der Waals surface area (Å²) in [5.41, 5.74) is 3.60. The molecule has 0 aliphatic rings. The minimum atomic E-state index is -0.347. The SMILES string of the molecule is CCc1cccc(CC)c1NC(=O)CO/N=C\c1cccc(F)c1. The summed E-state index contributed by atoms with van der Waals surface area (Å²) in [5.74, 6) is -0.623. The summed E-state index contributed by atoms with van der Waals surface area (Å²) in [6.45, 7) is 3.89. The molecule has 2 rings (SSSR count). The Balaban J connectivity index is 1.92. The number of para-hydroxylation sites is 1. The van der Waals surface area contributed by atoms with E-state index in [9.17, 15) is 9.18 Å². The van der Waals surface area contributed by atoms with Crippen LogP contribution in [0.2, 0.25) is 0 Å². The average molecular weight is 328 g/mol. The molecule has 5 heteroatoms. The molecule has 0 aliphatic heterocycles. The number of hydrogen-bond acceptors (Lipinski definition) is 3. The van der Waals surface area contributed by atoms with E-state index in [1.807, 2.05) is 32.0 Å². The van der Waals surface area contributed by atoms with Gasteiger partial charge in [-0.25, -0.2) is 4.39 Å². The van der Waals surface area contributed by atoms with E-state index in [-0.39, 0.29) is 18.3 Å². The van der Waals surface area contributed by atoms with Crippen molar-refractivity contribution >= 4 is 17.8 Å². The molecular weight excluding hydrogens is 307 g/mol. The molecule has 0 radical (unpaired) electrons. The van der Waals surface area contributed by atoms with Crippen LogP contribution in [0.4, 0.5) is 10.1 Å². The summed E-state index contributed by atoms with van der Waals surface area (Å²) < 4.78 is 13.0. The fourth-order valence-corrected chi connectivity index (χ4v) is 2.36. The molecule has 0 atom stereocenters. The van der Waals surface area contributed by atoms with Crippen molar-refractivity contribution in [2.24, 2.45) is 5.16 Å². The molecule has 126 valence electrons. The third-order valence-corrected chi connectivity index (χ3v) is 3.58. The summed E-state index contributed by atoms with van der Waals surface area (Å²) in [5, 5.41) is 6.59. The zero-order chi connectivity index (χ0) is 17.4. The van der Waals surface area contributed by atoms with Gasteiger partial charge in [0.1, 0.15) is 5.82 Å². The molecule has 0 unspecified atom stereocenters. The predicted octanol–water partition coefficient (Wildman–Crippen LogP) is 3.94. The van der Waals surface area contributed by atoms with Gasteiger partial charge in [-0.15, -0.1) is 0 Å². The van der Waals surface area contributed by atoms with Gasteiger partial charge < -0.3 is 10.2 Å². The molecule has 0 bridgehead atoms. The molecule has 1 amide bonds. The van der Waals surface area contributed by atoms with E-state index in [4.69, 9.17) is 4.84 Å². The van der Waals surface area contributed by atoms with E-state index in [1.165, 1.54) is 18.3 Å². The van der Waals surface area contributed by atoms with E-state index < -0.39 is 0 Å². The molecule has 0 saturated heterocycles. The highest BCUT2D eigenvalue weighted by Gasteiger charge is 2.10. The lowest BCUT2D eigenvalue weighted by molar-refractivity contribution is -0.120. The van der Waals surface area contributed by atoms with Gasteiger partial charge in [0.2, 0.25) is 0 Å². The van der Waals surface area contributed by atoms with Crippen molar-refractivity contribution in [2.75, 3.05) is 11.9 Å². The lowest BCUT2D eigenvalue weighted by Gasteiger charge is -2.13. The molecular formula is C19H21FN2O2. The molecule has 4 nitrogen and oxygen atoms in total. The largest absolute Gasteiger partial charge is 0.386 e. The smallest absolute Gasteiger partial charge is 0.265 e. The number of hydrogen-bond donors (Lipinski definition) is 1. The standard InChI is InChI=1S/C19H21FN2O2/c1-3-15-8-6-9-16(4-2)19(15)22-18(23)13-24-21-12-14-7-5-10-17(20)11-14/h5-12H,3-4,13H2,1-2H3,(H,22,23)/b21-12-.